The second kappa shape index (κ2) is 7.66. The Morgan fingerprint density at radius 2 is 0.917 bits per heavy atom. The number of aryl methyl sites for hydroxylation is 2. The quantitative estimate of drug-likeness (QED) is 0.347. The van der Waals surface area contributed by atoms with E-state index < -0.39 is 11.1 Å². The maximum absolute atomic E-state index is 13.8. The Morgan fingerprint density at radius 1 is 0.556 bits per heavy atom. The lowest BCUT2D eigenvalue weighted by Crippen LogP contribution is -2.62. The summed E-state index contributed by atoms with van der Waals surface area (Å²) in [5.74, 6) is -0.140. The molecule has 178 valence electrons. The van der Waals surface area contributed by atoms with Gasteiger partial charge < -0.3 is 0 Å². The number of carbonyl (C=O) groups excluding carboxylic acids is 2. The van der Waals surface area contributed by atoms with Gasteiger partial charge in [0.25, 0.3) is 0 Å². The molecule has 4 aromatic rings. The van der Waals surface area contributed by atoms with Crippen LogP contribution in [0, 0.1) is 13.8 Å². The molecule has 6 rings (SSSR count). The van der Waals surface area contributed by atoms with Crippen LogP contribution in [0.4, 0.5) is 11.4 Å². The molecule has 2 amide bonds. The molecule has 0 spiro atoms. The van der Waals surface area contributed by atoms with Gasteiger partial charge in [-0.3, -0.25) is 19.4 Å². The maximum Gasteiger partial charge on any atom is 0.225 e. The van der Waals surface area contributed by atoms with Gasteiger partial charge in [0.1, 0.15) is 11.1 Å². The standard InChI is InChI=1S/C32H28N2O2/c1-21-15-17-29-27(19-21)31(25-11-7-5-8-12-25)32(33(29)23(3)35,26-13-9-6-10-14-26)28-20-22(2)16-18-30(28)34(31)24(4)36/h5-20H,1-4H3/t31-,32-/m1/s1. The minimum absolute atomic E-state index is 0.0698. The van der Waals surface area contributed by atoms with Gasteiger partial charge in [0.2, 0.25) is 11.8 Å². The van der Waals surface area contributed by atoms with Gasteiger partial charge in [-0.05, 0) is 37.1 Å². The van der Waals surface area contributed by atoms with E-state index in [2.05, 4.69) is 50.2 Å². The van der Waals surface area contributed by atoms with Gasteiger partial charge in [0, 0.05) is 25.0 Å². The Bertz CT molecular complexity index is 1410. The number of fused-ring (bicyclic) bond motifs is 5. The van der Waals surface area contributed by atoms with Gasteiger partial charge in [-0.1, -0.05) is 96.1 Å². The lowest BCUT2D eigenvalue weighted by atomic mass is 9.65. The number of amides is 2. The van der Waals surface area contributed by atoms with E-state index in [1.807, 2.05) is 70.5 Å². The molecule has 0 saturated heterocycles. The van der Waals surface area contributed by atoms with Gasteiger partial charge in [0.15, 0.2) is 0 Å². The van der Waals surface area contributed by atoms with Gasteiger partial charge >= 0.3 is 0 Å². The predicted octanol–water partition coefficient (Wildman–Crippen LogP) is 6.22. The fraction of sp³-hybridized carbons (Fsp3) is 0.188. The molecule has 2 aliphatic heterocycles. The van der Waals surface area contributed by atoms with Gasteiger partial charge in [-0.15, -0.1) is 0 Å². The first-order chi connectivity index (χ1) is 17.3. The van der Waals surface area contributed by atoms with Crippen molar-refractivity contribution in [2.75, 3.05) is 9.80 Å². The Balaban J connectivity index is 1.94. The first-order valence-electron chi connectivity index (χ1n) is 12.3. The van der Waals surface area contributed by atoms with Crippen LogP contribution in [0.2, 0.25) is 0 Å². The zero-order valence-electron chi connectivity index (χ0n) is 20.9. The molecule has 0 fully saturated rings. The molecule has 2 aliphatic rings. The van der Waals surface area contributed by atoms with Crippen LogP contribution in [-0.4, -0.2) is 11.8 Å². The number of carbonyl (C=O) groups is 2. The molecular formula is C32H28N2O2. The molecule has 2 atom stereocenters. The van der Waals surface area contributed by atoms with E-state index in [1.165, 1.54) is 0 Å². The summed E-state index contributed by atoms with van der Waals surface area (Å²) in [6, 6.07) is 32.8. The van der Waals surface area contributed by atoms with Gasteiger partial charge in [-0.25, -0.2) is 0 Å². The summed E-state index contributed by atoms with van der Waals surface area (Å²) in [7, 11) is 0. The Morgan fingerprint density at radius 3 is 1.25 bits per heavy atom. The number of anilines is 2. The first-order valence-corrected chi connectivity index (χ1v) is 12.3. The van der Waals surface area contributed by atoms with E-state index in [0.29, 0.717) is 0 Å². The van der Waals surface area contributed by atoms with Crippen LogP contribution in [0.5, 0.6) is 0 Å². The lowest BCUT2D eigenvalue weighted by molar-refractivity contribution is -0.119. The third kappa shape index (κ3) is 2.54. The monoisotopic (exact) mass is 472 g/mol. The summed E-state index contributed by atoms with van der Waals surface area (Å²) in [4.78, 5) is 31.4. The second-order valence-corrected chi connectivity index (χ2v) is 9.90. The third-order valence-electron chi connectivity index (χ3n) is 7.77. The number of rotatable bonds is 2. The minimum atomic E-state index is -0.995. The Hall–Kier alpha value is -4.18. The van der Waals surface area contributed by atoms with E-state index in [0.717, 1.165) is 44.8 Å². The average Bonchev–Trinajstić information content (AvgIpc) is 3.29. The smallest absolute Gasteiger partial charge is 0.225 e. The maximum atomic E-state index is 13.8. The normalized spacial score (nSPS) is 21.7. The first kappa shape index (κ1) is 22.3. The topological polar surface area (TPSA) is 40.6 Å². The summed E-state index contributed by atoms with van der Waals surface area (Å²) < 4.78 is 0. The number of nitrogens with zero attached hydrogens (tertiary/aromatic N) is 2. The van der Waals surface area contributed by atoms with Crippen LogP contribution in [0.25, 0.3) is 0 Å². The van der Waals surface area contributed by atoms with Crippen molar-refractivity contribution in [1.29, 1.82) is 0 Å². The van der Waals surface area contributed by atoms with E-state index in [-0.39, 0.29) is 11.8 Å². The molecule has 4 nitrogen and oxygen atoms in total. The highest BCUT2D eigenvalue weighted by atomic mass is 16.2. The lowest BCUT2D eigenvalue weighted by Gasteiger charge is -2.49. The van der Waals surface area contributed by atoms with Gasteiger partial charge in [0.05, 0.1) is 11.4 Å². The van der Waals surface area contributed by atoms with E-state index >= 15 is 0 Å². The van der Waals surface area contributed by atoms with Crippen molar-refractivity contribution in [3.05, 3.63) is 130 Å². The summed E-state index contributed by atoms with van der Waals surface area (Å²) in [6.07, 6.45) is 0. The highest BCUT2D eigenvalue weighted by Gasteiger charge is 2.73. The van der Waals surface area contributed by atoms with Crippen LogP contribution in [-0.2, 0) is 20.7 Å². The number of benzene rings is 4. The fourth-order valence-corrected chi connectivity index (χ4v) is 6.74. The van der Waals surface area contributed by atoms with Crippen molar-refractivity contribution in [2.24, 2.45) is 0 Å². The Labute approximate surface area is 211 Å². The number of hydrogen-bond donors (Lipinski definition) is 0. The van der Waals surface area contributed by atoms with Crippen molar-refractivity contribution in [1.82, 2.24) is 0 Å². The van der Waals surface area contributed by atoms with E-state index in [1.54, 1.807) is 13.8 Å². The Kier molecular flexibility index (Phi) is 4.74. The zero-order valence-corrected chi connectivity index (χ0v) is 20.9. The molecule has 0 aromatic heterocycles. The summed E-state index contributed by atoms with van der Waals surface area (Å²) in [5.41, 5.74) is 5.67. The van der Waals surface area contributed by atoms with Gasteiger partial charge in [-0.2, -0.15) is 0 Å². The van der Waals surface area contributed by atoms with Crippen molar-refractivity contribution in [3.63, 3.8) is 0 Å². The van der Waals surface area contributed by atoms with Crippen molar-refractivity contribution in [3.8, 4) is 0 Å². The molecule has 0 bridgehead atoms. The highest BCUT2D eigenvalue weighted by molar-refractivity contribution is 6.08. The number of hydrogen-bond acceptors (Lipinski definition) is 2. The van der Waals surface area contributed by atoms with Crippen LogP contribution in [0.3, 0.4) is 0 Å². The largest absolute Gasteiger partial charge is 0.295 e. The summed E-state index contributed by atoms with van der Waals surface area (Å²) in [6.45, 7) is 7.37. The molecule has 2 heterocycles. The predicted molar refractivity (Wildman–Crippen MR) is 143 cm³/mol. The molecule has 36 heavy (non-hydrogen) atoms. The van der Waals surface area contributed by atoms with Crippen LogP contribution in [0.1, 0.15) is 47.2 Å². The fourth-order valence-electron chi connectivity index (χ4n) is 6.74. The average molecular weight is 473 g/mol. The summed E-state index contributed by atoms with van der Waals surface area (Å²) >= 11 is 0. The SMILES string of the molecule is CC(=O)N1c2ccc(C)cc2[C@@]2(c3ccccc3)N(C(C)=O)c3ccc(C)cc3[C@@]12c1ccccc1. The molecule has 0 aliphatic carbocycles. The van der Waals surface area contributed by atoms with Crippen LogP contribution >= 0.6 is 0 Å². The zero-order chi connectivity index (χ0) is 25.2. The molecule has 0 saturated carbocycles. The second-order valence-electron chi connectivity index (χ2n) is 9.90. The molecule has 4 aromatic carbocycles. The molecule has 0 radical (unpaired) electrons. The third-order valence-corrected chi connectivity index (χ3v) is 7.77. The van der Waals surface area contributed by atoms with Crippen LogP contribution in [0.15, 0.2) is 97.1 Å². The molecule has 0 N–H and O–H groups in total. The van der Waals surface area contributed by atoms with Crippen molar-refractivity contribution in [2.45, 2.75) is 38.8 Å². The van der Waals surface area contributed by atoms with E-state index in [9.17, 15) is 9.59 Å². The van der Waals surface area contributed by atoms with Crippen molar-refractivity contribution >= 4 is 23.2 Å². The molecular weight excluding hydrogens is 444 g/mol. The summed E-state index contributed by atoms with van der Waals surface area (Å²) in [5, 5.41) is 0. The van der Waals surface area contributed by atoms with E-state index in [4.69, 9.17) is 0 Å². The minimum Gasteiger partial charge on any atom is -0.295 e. The molecule has 4 heteroatoms. The van der Waals surface area contributed by atoms with Crippen LogP contribution < -0.4 is 9.80 Å². The molecule has 0 unspecified atom stereocenters. The highest BCUT2D eigenvalue weighted by Crippen LogP contribution is 2.70. The van der Waals surface area contributed by atoms with Crippen molar-refractivity contribution < 1.29 is 9.59 Å².